The largest absolute Gasteiger partial charge is 0.361 e. The van der Waals surface area contributed by atoms with E-state index in [1.54, 1.807) is 12.1 Å². The Hall–Kier alpha value is -0.610. The minimum Gasteiger partial charge on any atom is -0.361 e. The maximum absolute atomic E-state index is 10.5. The summed E-state index contributed by atoms with van der Waals surface area (Å²) < 4.78 is 5.57. The van der Waals surface area contributed by atoms with Crippen LogP contribution < -0.4 is 5.32 Å². The Morgan fingerprint density at radius 3 is 2.88 bits per heavy atom. The molecule has 1 aromatic carbocycles. The Bertz CT molecular complexity index is 385. The Labute approximate surface area is 100 Å². The number of hydrogen-bond acceptors (Lipinski definition) is 3. The van der Waals surface area contributed by atoms with Crippen molar-refractivity contribution in [3.63, 3.8) is 0 Å². The smallest absolute Gasteiger partial charge is 0.208 e. The third-order valence-electron chi connectivity index (χ3n) is 2.91. The highest BCUT2D eigenvalue weighted by atomic mass is 35.5. The fourth-order valence-corrected chi connectivity index (χ4v) is 2.20. The number of nitrogens with one attached hydrogen (secondary N) is 1. The van der Waals surface area contributed by atoms with Crippen molar-refractivity contribution >= 4 is 11.6 Å². The molecule has 1 aromatic rings. The molecule has 0 aromatic heterocycles. The second-order valence-corrected chi connectivity index (χ2v) is 4.74. The highest BCUT2D eigenvalue weighted by molar-refractivity contribution is 6.30. The van der Waals surface area contributed by atoms with E-state index in [0.717, 1.165) is 0 Å². The highest BCUT2D eigenvalue weighted by Crippen LogP contribution is 2.31. The van der Waals surface area contributed by atoms with Gasteiger partial charge in [-0.2, -0.15) is 0 Å². The van der Waals surface area contributed by atoms with Gasteiger partial charge in [0.1, 0.15) is 0 Å². The van der Waals surface area contributed by atoms with Crippen molar-refractivity contribution in [3.8, 4) is 0 Å². The Morgan fingerprint density at radius 2 is 2.25 bits per heavy atom. The molecule has 0 aliphatic carbocycles. The normalized spacial score (nSPS) is 35.0. The Morgan fingerprint density at radius 1 is 1.50 bits per heavy atom. The minimum absolute atomic E-state index is 0.172. The summed E-state index contributed by atoms with van der Waals surface area (Å²) in [6, 6.07) is 7.21. The minimum atomic E-state index is -1.29. The lowest BCUT2D eigenvalue weighted by atomic mass is 9.96. The van der Waals surface area contributed by atoms with Crippen LogP contribution in [0.5, 0.6) is 0 Å². The van der Waals surface area contributed by atoms with Crippen molar-refractivity contribution in [1.29, 1.82) is 0 Å². The van der Waals surface area contributed by atoms with Gasteiger partial charge in [0, 0.05) is 16.6 Å². The predicted octanol–water partition coefficient (Wildman–Crippen LogP) is 1.88. The fourth-order valence-electron chi connectivity index (χ4n) is 2.01. The van der Waals surface area contributed by atoms with Crippen LogP contribution in [0, 0.1) is 0 Å². The lowest BCUT2D eigenvalue weighted by molar-refractivity contribution is -0.252. The van der Waals surface area contributed by atoms with Crippen LogP contribution in [0.15, 0.2) is 24.3 Å². The van der Waals surface area contributed by atoms with Crippen LogP contribution in [0.1, 0.15) is 19.4 Å². The standard InChI is InChI=1S/C12H16ClNO2/c1-8-7-16-12(15,9(2)14-8)10-4-3-5-11(13)6-10/h3-6,8-9,14-15H,7H2,1-2H3/t8-,9+,12-/m0/s1. The number of hydrogen-bond donors (Lipinski definition) is 2. The van der Waals surface area contributed by atoms with Crippen molar-refractivity contribution in [2.24, 2.45) is 0 Å². The molecule has 3 nitrogen and oxygen atoms in total. The van der Waals surface area contributed by atoms with Gasteiger partial charge in [0.25, 0.3) is 0 Å². The molecular weight excluding hydrogens is 226 g/mol. The van der Waals surface area contributed by atoms with Gasteiger partial charge in [-0.15, -0.1) is 0 Å². The van der Waals surface area contributed by atoms with Gasteiger partial charge in [-0.1, -0.05) is 23.7 Å². The summed E-state index contributed by atoms with van der Waals surface area (Å²) in [4.78, 5) is 0. The molecule has 16 heavy (non-hydrogen) atoms. The molecule has 1 aliphatic rings. The molecule has 1 saturated heterocycles. The number of aliphatic hydroxyl groups is 1. The third-order valence-corrected chi connectivity index (χ3v) is 3.15. The van der Waals surface area contributed by atoms with E-state index in [0.29, 0.717) is 17.2 Å². The van der Waals surface area contributed by atoms with E-state index < -0.39 is 5.79 Å². The molecule has 88 valence electrons. The van der Waals surface area contributed by atoms with E-state index in [1.165, 1.54) is 0 Å². The molecule has 4 heteroatoms. The lowest BCUT2D eigenvalue weighted by Crippen LogP contribution is -2.58. The first-order valence-electron chi connectivity index (χ1n) is 5.41. The first-order valence-corrected chi connectivity index (χ1v) is 5.78. The van der Waals surface area contributed by atoms with Crippen LogP contribution in [0.3, 0.4) is 0 Å². The van der Waals surface area contributed by atoms with E-state index in [9.17, 15) is 5.11 Å². The average Bonchev–Trinajstić information content (AvgIpc) is 2.24. The molecule has 0 spiro atoms. The van der Waals surface area contributed by atoms with Crippen molar-refractivity contribution in [3.05, 3.63) is 34.9 Å². The molecular formula is C12H16ClNO2. The van der Waals surface area contributed by atoms with Crippen LogP contribution >= 0.6 is 11.6 Å². The summed E-state index contributed by atoms with van der Waals surface area (Å²) in [7, 11) is 0. The van der Waals surface area contributed by atoms with Gasteiger partial charge in [-0.3, -0.25) is 0 Å². The first kappa shape index (κ1) is 11.9. The van der Waals surface area contributed by atoms with Gasteiger partial charge in [0.05, 0.1) is 12.6 Å². The molecule has 2 N–H and O–H groups in total. The zero-order chi connectivity index (χ0) is 11.8. The molecule has 2 rings (SSSR count). The monoisotopic (exact) mass is 241 g/mol. The van der Waals surface area contributed by atoms with Gasteiger partial charge in [-0.25, -0.2) is 0 Å². The second-order valence-electron chi connectivity index (χ2n) is 4.31. The maximum atomic E-state index is 10.5. The lowest BCUT2D eigenvalue weighted by Gasteiger charge is -2.41. The molecule has 0 unspecified atom stereocenters. The Kier molecular flexibility index (Phi) is 3.22. The first-order chi connectivity index (χ1) is 7.52. The van der Waals surface area contributed by atoms with Crippen molar-refractivity contribution in [1.82, 2.24) is 5.32 Å². The van der Waals surface area contributed by atoms with Gasteiger partial charge in [-0.05, 0) is 26.0 Å². The van der Waals surface area contributed by atoms with Crippen LogP contribution in [0.25, 0.3) is 0 Å². The van der Waals surface area contributed by atoms with Gasteiger partial charge in [0.15, 0.2) is 0 Å². The van der Waals surface area contributed by atoms with Crippen LogP contribution in [0.4, 0.5) is 0 Å². The van der Waals surface area contributed by atoms with Crippen LogP contribution in [-0.4, -0.2) is 23.8 Å². The van der Waals surface area contributed by atoms with Gasteiger partial charge >= 0.3 is 0 Å². The van der Waals surface area contributed by atoms with E-state index in [-0.39, 0.29) is 12.1 Å². The van der Waals surface area contributed by atoms with Crippen LogP contribution in [-0.2, 0) is 10.5 Å². The predicted molar refractivity (Wildman–Crippen MR) is 63.4 cm³/mol. The molecule has 0 radical (unpaired) electrons. The summed E-state index contributed by atoms with van der Waals surface area (Å²) in [6.07, 6.45) is 0. The number of morpholine rings is 1. The molecule has 0 bridgehead atoms. The topological polar surface area (TPSA) is 41.5 Å². The maximum Gasteiger partial charge on any atom is 0.208 e. The summed E-state index contributed by atoms with van der Waals surface area (Å²) in [6.45, 7) is 4.40. The summed E-state index contributed by atoms with van der Waals surface area (Å²) in [5.74, 6) is -1.29. The zero-order valence-corrected chi connectivity index (χ0v) is 10.2. The van der Waals surface area contributed by atoms with Crippen molar-refractivity contribution < 1.29 is 9.84 Å². The van der Waals surface area contributed by atoms with Crippen molar-refractivity contribution in [2.45, 2.75) is 31.7 Å². The molecule has 1 aliphatic heterocycles. The van der Waals surface area contributed by atoms with E-state index >= 15 is 0 Å². The molecule has 1 heterocycles. The SMILES string of the molecule is C[C@H]1CO[C@](O)(c2cccc(Cl)c2)[C@@H](C)N1. The Balaban J connectivity index is 2.31. The third kappa shape index (κ3) is 2.09. The molecule has 0 saturated carbocycles. The summed E-state index contributed by atoms with van der Waals surface area (Å²) in [5, 5.41) is 14.4. The quantitative estimate of drug-likeness (QED) is 0.789. The molecule has 3 atom stereocenters. The number of benzene rings is 1. The van der Waals surface area contributed by atoms with E-state index in [1.807, 2.05) is 26.0 Å². The highest BCUT2D eigenvalue weighted by Gasteiger charge is 2.41. The van der Waals surface area contributed by atoms with Crippen molar-refractivity contribution in [2.75, 3.05) is 6.61 Å². The van der Waals surface area contributed by atoms with Gasteiger partial charge in [0.2, 0.25) is 5.79 Å². The molecule has 1 fully saturated rings. The number of rotatable bonds is 1. The summed E-state index contributed by atoms with van der Waals surface area (Å²) in [5.41, 5.74) is 0.687. The summed E-state index contributed by atoms with van der Waals surface area (Å²) >= 11 is 5.92. The van der Waals surface area contributed by atoms with Crippen LogP contribution in [0.2, 0.25) is 5.02 Å². The average molecular weight is 242 g/mol. The number of halogens is 1. The van der Waals surface area contributed by atoms with E-state index in [2.05, 4.69) is 5.32 Å². The van der Waals surface area contributed by atoms with Gasteiger partial charge < -0.3 is 15.2 Å². The fraction of sp³-hybridized carbons (Fsp3) is 0.500. The second kappa shape index (κ2) is 4.34. The zero-order valence-electron chi connectivity index (χ0n) is 9.40. The number of ether oxygens (including phenoxy) is 1. The molecule has 0 amide bonds. The van der Waals surface area contributed by atoms with E-state index in [4.69, 9.17) is 16.3 Å².